The number of likely N-dealkylation sites (N-methyl/N-ethyl adjacent to an activating group) is 1. The zero-order valence-corrected chi connectivity index (χ0v) is 16.9. The molecule has 0 atom stereocenters. The fraction of sp³-hybridized carbons (Fsp3) is 0.375. The lowest BCUT2D eigenvalue weighted by Crippen LogP contribution is -2.46. The molecule has 0 bridgehead atoms. The van der Waals surface area contributed by atoms with Gasteiger partial charge in [-0.2, -0.15) is 0 Å². The summed E-state index contributed by atoms with van der Waals surface area (Å²) in [6.07, 6.45) is -0.309. The molecule has 5 rings (SSSR count). The Morgan fingerprint density at radius 2 is 1.66 bits per heavy atom. The van der Waals surface area contributed by atoms with Gasteiger partial charge < -0.3 is 19.3 Å². The van der Waals surface area contributed by atoms with Crippen molar-refractivity contribution in [2.75, 3.05) is 50.8 Å². The van der Waals surface area contributed by atoms with Gasteiger partial charge in [0.15, 0.2) is 6.29 Å². The van der Waals surface area contributed by atoms with Crippen LogP contribution in [0.15, 0.2) is 54.6 Å². The number of rotatable bonds is 4. The van der Waals surface area contributed by atoms with E-state index in [0.29, 0.717) is 13.2 Å². The van der Waals surface area contributed by atoms with Crippen molar-refractivity contribution in [3.05, 3.63) is 60.2 Å². The Bertz CT molecular complexity index is 992. The molecular weight excluding hydrogens is 362 g/mol. The average Bonchev–Trinajstić information content (AvgIpc) is 3.33. The van der Waals surface area contributed by atoms with Crippen LogP contribution in [0.1, 0.15) is 18.8 Å². The molecular formula is C24H27N3O2. The lowest BCUT2D eigenvalue weighted by atomic mass is 10.0. The van der Waals surface area contributed by atoms with Crippen LogP contribution < -0.4 is 4.90 Å². The van der Waals surface area contributed by atoms with Crippen LogP contribution in [0.5, 0.6) is 0 Å². The molecule has 0 radical (unpaired) electrons. The lowest BCUT2D eigenvalue weighted by molar-refractivity contribution is -0.0436. The van der Waals surface area contributed by atoms with E-state index in [-0.39, 0.29) is 6.29 Å². The van der Waals surface area contributed by atoms with Crippen LogP contribution in [0.4, 0.5) is 5.82 Å². The molecule has 2 aliphatic heterocycles. The normalized spacial score (nSPS) is 18.6. The second-order valence-corrected chi connectivity index (χ2v) is 7.63. The fourth-order valence-electron chi connectivity index (χ4n) is 4.31. The molecule has 5 heteroatoms. The molecule has 0 saturated carbocycles. The van der Waals surface area contributed by atoms with Gasteiger partial charge in [-0.05, 0) is 18.0 Å². The molecule has 0 amide bonds. The van der Waals surface area contributed by atoms with E-state index < -0.39 is 0 Å². The van der Waals surface area contributed by atoms with Gasteiger partial charge in [0, 0.05) is 42.7 Å². The molecule has 150 valence electrons. The predicted molar refractivity (Wildman–Crippen MR) is 116 cm³/mol. The first-order chi connectivity index (χ1) is 14.3. The Balaban J connectivity index is 1.60. The van der Waals surface area contributed by atoms with Crippen LogP contribution >= 0.6 is 0 Å². The summed E-state index contributed by atoms with van der Waals surface area (Å²) < 4.78 is 11.6. The van der Waals surface area contributed by atoms with Crippen LogP contribution in [-0.4, -0.2) is 55.8 Å². The van der Waals surface area contributed by atoms with E-state index in [2.05, 4.69) is 65.3 Å². The molecule has 0 aliphatic carbocycles. The number of ether oxygens (including phenoxy) is 2. The predicted octanol–water partition coefficient (Wildman–Crippen LogP) is 4.09. The summed E-state index contributed by atoms with van der Waals surface area (Å²) in [4.78, 5) is 10.1. The molecule has 2 saturated heterocycles. The van der Waals surface area contributed by atoms with E-state index in [0.717, 1.165) is 55.4 Å². The third-order valence-corrected chi connectivity index (χ3v) is 5.95. The maximum Gasteiger partial charge on any atom is 0.184 e. The number of aromatic nitrogens is 1. The fourth-order valence-corrected chi connectivity index (χ4v) is 4.31. The van der Waals surface area contributed by atoms with Gasteiger partial charge >= 0.3 is 0 Å². The Morgan fingerprint density at radius 1 is 0.931 bits per heavy atom. The Labute approximate surface area is 171 Å². The highest BCUT2D eigenvalue weighted by atomic mass is 16.7. The minimum absolute atomic E-state index is 0.309. The maximum atomic E-state index is 5.79. The zero-order valence-electron chi connectivity index (χ0n) is 16.9. The monoisotopic (exact) mass is 389 g/mol. The molecule has 2 aliphatic rings. The van der Waals surface area contributed by atoms with Crippen LogP contribution in [0, 0.1) is 0 Å². The molecule has 2 fully saturated rings. The molecule has 2 aromatic carbocycles. The Hall–Kier alpha value is -2.47. The summed E-state index contributed by atoms with van der Waals surface area (Å²) in [5.74, 6) is 1.08. The van der Waals surface area contributed by atoms with Crippen molar-refractivity contribution in [2.24, 2.45) is 0 Å². The third-order valence-electron chi connectivity index (χ3n) is 5.95. The summed E-state index contributed by atoms with van der Waals surface area (Å²) in [7, 11) is 0. The van der Waals surface area contributed by atoms with Gasteiger partial charge in [-0.3, -0.25) is 0 Å². The van der Waals surface area contributed by atoms with Crippen LogP contribution in [-0.2, 0) is 9.47 Å². The summed E-state index contributed by atoms with van der Waals surface area (Å²) >= 11 is 0. The van der Waals surface area contributed by atoms with Crippen molar-refractivity contribution in [1.29, 1.82) is 0 Å². The van der Waals surface area contributed by atoms with E-state index in [1.165, 1.54) is 10.8 Å². The second kappa shape index (κ2) is 8.11. The first kappa shape index (κ1) is 18.6. The van der Waals surface area contributed by atoms with Crippen molar-refractivity contribution in [1.82, 2.24) is 9.88 Å². The number of anilines is 1. The quantitative estimate of drug-likeness (QED) is 0.672. The van der Waals surface area contributed by atoms with Gasteiger partial charge in [0.05, 0.1) is 18.9 Å². The van der Waals surface area contributed by atoms with Crippen molar-refractivity contribution >= 4 is 16.6 Å². The highest BCUT2D eigenvalue weighted by Crippen LogP contribution is 2.35. The molecule has 0 unspecified atom stereocenters. The smallest absolute Gasteiger partial charge is 0.184 e. The van der Waals surface area contributed by atoms with Gasteiger partial charge in [-0.15, -0.1) is 0 Å². The summed E-state index contributed by atoms with van der Waals surface area (Å²) in [6.45, 7) is 8.78. The van der Waals surface area contributed by atoms with Crippen molar-refractivity contribution in [3.8, 4) is 11.3 Å². The second-order valence-electron chi connectivity index (χ2n) is 7.63. The summed E-state index contributed by atoms with van der Waals surface area (Å²) in [5.41, 5.74) is 3.11. The van der Waals surface area contributed by atoms with E-state index >= 15 is 0 Å². The van der Waals surface area contributed by atoms with E-state index in [9.17, 15) is 0 Å². The molecule has 3 aromatic rings. The summed E-state index contributed by atoms with van der Waals surface area (Å²) in [6, 6.07) is 19.1. The number of pyridine rings is 1. The highest BCUT2D eigenvalue weighted by Gasteiger charge is 2.24. The molecule has 1 aromatic heterocycles. The first-order valence-corrected chi connectivity index (χ1v) is 10.5. The SMILES string of the molecule is CCN1CCN(c2nc(-c3ccccc3C3OCCO3)cc3ccccc23)CC1. The van der Waals surface area contributed by atoms with Crippen molar-refractivity contribution < 1.29 is 9.47 Å². The average molecular weight is 389 g/mol. The number of fused-ring (bicyclic) bond motifs is 1. The van der Waals surface area contributed by atoms with Gasteiger partial charge in [-0.1, -0.05) is 55.5 Å². The van der Waals surface area contributed by atoms with Gasteiger partial charge in [0.25, 0.3) is 0 Å². The van der Waals surface area contributed by atoms with Crippen LogP contribution in [0.2, 0.25) is 0 Å². The topological polar surface area (TPSA) is 37.8 Å². The van der Waals surface area contributed by atoms with Crippen molar-refractivity contribution in [3.63, 3.8) is 0 Å². The van der Waals surface area contributed by atoms with E-state index in [4.69, 9.17) is 14.5 Å². The van der Waals surface area contributed by atoms with Crippen LogP contribution in [0.25, 0.3) is 22.0 Å². The number of piperazine rings is 1. The van der Waals surface area contributed by atoms with Gasteiger partial charge in [-0.25, -0.2) is 4.98 Å². The van der Waals surface area contributed by atoms with Crippen molar-refractivity contribution in [2.45, 2.75) is 13.2 Å². The number of hydrogen-bond donors (Lipinski definition) is 0. The third kappa shape index (κ3) is 3.62. The zero-order chi connectivity index (χ0) is 19.6. The van der Waals surface area contributed by atoms with E-state index in [1.807, 2.05) is 6.07 Å². The minimum atomic E-state index is -0.309. The van der Waals surface area contributed by atoms with E-state index in [1.54, 1.807) is 0 Å². The number of benzene rings is 2. The lowest BCUT2D eigenvalue weighted by Gasteiger charge is -2.35. The Morgan fingerprint density at radius 3 is 2.45 bits per heavy atom. The molecule has 0 N–H and O–H groups in total. The number of hydrogen-bond acceptors (Lipinski definition) is 5. The van der Waals surface area contributed by atoms with Gasteiger partial charge in [0.1, 0.15) is 5.82 Å². The first-order valence-electron chi connectivity index (χ1n) is 10.5. The maximum absolute atomic E-state index is 5.79. The highest BCUT2D eigenvalue weighted by molar-refractivity contribution is 5.95. The van der Waals surface area contributed by atoms with Gasteiger partial charge in [0.2, 0.25) is 0 Å². The number of nitrogens with zero attached hydrogens (tertiary/aromatic N) is 3. The standard InChI is InChI=1S/C24H27N3O2/c1-2-26-11-13-27(14-12-26)23-19-8-4-3-7-18(19)17-22(25-23)20-9-5-6-10-21(20)24-28-15-16-29-24/h3-10,17,24H,2,11-16H2,1H3. The Kier molecular flexibility index (Phi) is 5.19. The molecule has 3 heterocycles. The largest absolute Gasteiger partial charge is 0.354 e. The molecule has 0 spiro atoms. The minimum Gasteiger partial charge on any atom is -0.354 e. The van der Waals surface area contributed by atoms with Crippen LogP contribution in [0.3, 0.4) is 0 Å². The molecule has 29 heavy (non-hydrogen) atoms. The summed E-state index contributed by atoms with van der Waals surface area (Å²) in [5, 5.41) is 2.43. The molecule has 5 nitrogen and oxygen atoms in total.